The normalized spacial score (nSPS) is 10.5. The zero-order valence-corrected chi connectivity index (χ0v) is 11.4. The fraction of sp³-hybridized carbons (Fsp3) is 0.154. The third-order valence-electron chi connectivity index (χ3n) is 2.72. The van der Waals surface area contributed by atoms with E-state index in [1.165, 1.54) is 4.68 Å². The SMILES string of the molecule is Cc1cccc(CNc2nc(N)nc(-n3cccn3)n2)n1. The van der Waals surface area contributed by atoms with Crippen molar-refractivity contribution in [3.8, 4) is 5.95 Å². The number of nitrogens with one attached hydrogen (secondary N) is 1. The van der Waals surface area contributed by atoms with Crippen molar-refractivity contribution in [2.45, 2.75) is 13.5 Å². The van der Waals surface area contributed by atoms with Gasteiger partial charge in [-0.3, -0.25) is 4.98 Å². The molecule has 21 heavy (non-hydrogen) atoms. The first kappa shape index (κ1) is 13.0. The molecule has 0 saturated heterocycles. The summed E-state index contributed by atoms with van der Waals surface area (Å²) in [5, 5.41) is 7.15. The molecule has 8 nitrogen and oxygen atoms in total. The van der Waals surface area contributed by atoms with E-state index in [0.29, 0.717) is 18.4 Å². The van der Waals surface area contributed by atoms with Crippen LogP contribution in [0, 0.1) is 6.92 Å². The van der Waals surface area contributed by atoms with Gasteiger partial charge in [0, 0.05) is 18.1 Å². The second kappa shape index (κ2) is 5.53. The summed E-state index contributed by atoms with van der Waals surface area (Å²) in [4.78, 5) is 16.8. The minimum Gasteiger partial charge on any atom is -0.368 e. The molecule has 0 atom stereocenters. The molecule has 3 rings (SSSR count). The molecular formula is C13H14N8. The smallest absolute Gasteiger partial charge is 0.257 e. The van der Waals surface area contributed by atoms with Crippen LogP contribution >= 0.6 is 0 Å². The summed E-state index contributed by atoms with van der Waals surface area (Å²) in [5.41, 5.74) is 7.56. The lowest BCUT2D eigenvalue weighted by molar-refractivity contribution is 0.797. The van der Waals surface area contributed by atoms with Crippen LogP contribution in [0.4, 0.5) is 11.9 Å². The molecule has 0 aliphatic heterocycles. The lowest BCUT2D eigenvalue weighted by Crippen LogP contribution is -2.12. The van der Waals surface area contributed by atoms with E-state index in [4.69, 9.17) is 5.73 Å². The van der Waals surface area contributed by atoms with E-state index < -0.39 is 0 Å². The molecule has 8 heteroatoms. The van der Waals surface area contributed by atoms with Crippen LogP contribution in [0.3, 0.4) is 0 Å². The number of rotatable bonds is 4. The highest BCUT2D eigenvalue weighted by Gasteiger charge is 2.06. The molecule has 0 unspecified atom stereocenters. The van der Waals surface area contributed by atoms with Crippen LogP contribution in [-0.4, -0.2) is 29.7 Å². The van der Waals surface area contributed by atoms with E-state index in [1.807, 2.05) is 25.1 Å². The van der Waals surface area contributed by atoms with Crippen molar-refractivity contribution in [3.05, 3.63) is 48.0 Å². The van der Waals surface area contributed by atoms with Gasteiger partial charge in [-0.1, -0.05) is 6.07 Å². The molecule has 3 N–H and O–H groups in total. The molecule has 0 aromatic carbocycles. The van der Waals surface area contributed by atoms with E-state index in [-0.39, 0.29) is 5.95 Å². The fourth-order valence-corrected chi connectivity index (χ4v) is 1.82. The lowest BCUT2D eigenvalue weighted by atomic mass is 10.3. The molecule has 0 aliphatic carbocycles. The monoisotopic (exact) mass is 282 g/mol. The third-order valence-corrected chi connectivity index (χ3v) is 2.72. The van der Waals surface area contributed by atoms with Crippen LogP contribution in [0.1, 0.15) is 11.4 Å². The molecule has 0 radical (unpaired) electrons. The van der Waals surface area contributed by atoms with Gasteiger partial charge in [0.1, 0.15) is 0 Å². The molecule has 106 valence electrons. The van der Waals surface area contributed by atoms with Crippen molar-refractivity contribution in [1.82, 2.24) is 29.7 Å². The first-order chi connectivity index (χ1) is 10.2. The van der Waals surface area contributed by atoms with Gasteiger partial charge in [-0.25, -0.2) is 4.68 Å². The second-order valence-corrected chi connectivity index (χ2v) is 4.39. The highest BCUT2D eigenvalue weighted by atomic mass is 15.4. The van der Waals surface area contributed by atoms with E-state index >= 15 is 0 Å². The van der Waals surface area contributed by atoms with Crippen LogP contribution in [0.5, 0.6) is 0 Å². The van der Waals surface area contributed by atoms with Gasteiger partial charge in [-0.15, -0.1) is 0 Å². The van der Waals surface area contributed by atoms with Gasteiger partial charge in [-0.2, -0.15) is 20.1 Å². The minimum absolute atomic E-state index is 0.134. The van der Waals surface area contributed by atoms with Gasteiger partial charge >= 0.3 is 0 Å². The molecular weight excluding hydrogens is 268 g/mol. The Hall–Kier alpha value is -3.03. The topological polar surface area (TPSA) is 107 Å². The van der Waals surface area contributed by atoms with E-state index in [2.05, 4.69) is 30.4 Å². The Balaban J connectivity index is 1.79. The molecule has 0 bridgehead atoms. The van der Waals surface area contributed by atoms with Crippen molar-refractivity contribution < 1.29 is 0 Å². The number of anilines is 2. The zero-order valence-electron chi connectivity index (χ0n) is 11.4. The predicted molar refractivity (Wildman–Crippen MR) is 77.7 cm³/mol. The molecule has 3 aromatic rings. The first-order valence-electron chi connectivity index (χ1n) is 6.39. The molecule has 0 spiro atoms. The van der Waals surface area contributed by atoms with Crippen LogP contribution in [0.25, 0.3) is 5.95 Å². The van der Waals surface area contributed by atoms with Crippen molar-refractivity contribution >= 4 is 11.9 Å². The number of hydrogen-bond donors (Lipinski definition) is 2. The van der Waals surface area contributed by atoms with E-state index in [9.17, 15) is 0 Å². The summed E-state index contributed by atoms with van der Waals surface area (Å²) in [6.07, 6.45) is 3.38. The number of aryl methyl sites for hydroxylation is 1. The van der Waals surface area contributed by atoms with Crippen LogP contribution in [-0.2, 0) is 6.54 Å². The zero-order chi connectivity index (χ0) is 14.7. The molecule has 0 amide bonds. The van der Waals surface area contributed by atoms with Gasteiger partial charge in [0.15, 0.2) is 0 Å². The first-order valence-corrected chi connectivity index (χ1v) is 6.39. The highest BCUT2D eigenvalue weighted by Crippen LogP contribution is 2.08. The number of nitrogens with two attached hydrogens (primary N) is 1. The molecule has 3 aromatic heterocycles. The summed E-state index contributed by atoms with van der Waals surface area (Å²) < 4.78 is 1.52. The second-order valence-electron chi connectivity index (χ2n) is 4.39. The van der Waals surface area contributed by atoms with Gasteiger partial charge in [0.05, 0.1) is 12.2 Å². The maximum absolute atomic E-state index is 5.70. The molecule has 0 fully saturated rings. The highest BCUT2D eigenvalue weighted by molar-refractivity contribution is 5.35. The minimum atomic E-state index is 0.134. The number of nitrogens with zero attached hydrogens (tertiary/aromatic N) is 6. The summed E-state index contributed by atoms with van der Waals surface area (Å²) in [6, 6.07) is 7.61. The van der Waals surface area contributed by atoms with Gasteiger partial charge in [0.2, 0.25) is 11.9 Å². The summed E-state index contributed by atoms with van der Waals surface area (Å²) in [5.74, 6) is 0.888. The Kier molecular flexibility index (Phi) is 3.42. The van der Waals surface area contributed by atoms with Gasteiger partial charge in [0.25, 0.3) is 5.95 Å². The van der Waals surface area contributed by atoms with Crippen molar-refractivity contribution in [3.63, 3.8) is 0 Å². The Labute approximate surface area is 121 Å². The Morgan fingerprint density at radius 3 is 2.81 bits per heavy atom. The largest absolute Gasteiger partial charge is 0.368 e. The number of hydrogen-bond acceptors (Lipinski definition) is 7. The van der Waals surface area contributed by atoms with E-state index in [1.54, 1.807) is 18.5 Å². The Morgan fingerprint density at radius 2 is 2.05 bits per heavy atom. The average Bonchev–Trinajstić information content (AvgIpc) is 2.99. The van der Waals surface area contributed by atoms with Crippen LogP contribution in [0.15, 0.2) is 36.7 Å². The van der Waals surface area contributed by atoms with Crippen LogP contribution in [0.2, 0.25) is 0 Å². The summed E-state index contributed by atoms with van der Waals surface area (Å²) >= 11 is 0. The number of pyridine rings is 1. The summed E-state index contributed by atoms with van der Waals surface area (Å²) in [6.45, 7) is 2.45. The standard InChI is InChI=1S/C13H14N8/c1-9-4-2-5-10(17-9)8-15-12-18-11(14)19-13(20-12)21-7-3-6-16-21/h2-7H,8H2,1H3,(H3,14,15,18,19,20). The lowest BCUT2D eigenvalue weighted by Gasteiger charge is -2.07. The Bertz CT molecular complexity index is 738. The number of aromatic nitrogens is 6. The quantitative estimate of drug-likeness (QED) is 0.733. The van der Waals surface area contributed by atoms with E-state index in [0.717, 1.165) is 11.4 Å². The van der Waals surface area contributed by atoms with Crippen molar-refractivity contribution in [2.75, 3.05) is 11.1 Å². The Morgan fingerprint density at radius 1 is 1.14 bits per heavy atom. The molecule has 3 heterocycles. The van der Waals surface area contributed by atoms with Crippen molar-refractivity contribution in [1.29, 1.82) is 0 Å². The maximum Gasteiger partial charge on any atom is 0.257 e. The summed E-state index contributed by atoms with van der Waals surface area (Å²) in [7, 11) is 0. The van der Waals surface area contributed by atoms with Crippen LogP contribution < -0.4 is 11.1 Å². The molecule has 0 aliphatic rings. The molecule has 0 saturated carbocycles. The van der Waals surface area contributed by atoms with Crippen molar-refractivity contribution in [2.24, 2.45) is 0 Å². The average molecular weight is 282 g/mol. The predicted octanol–water partition coefficient (Wildman–Crippen LogP) is 0.955. The fourth-order valence-electron chi connectivity index (χ4n) is 1.82. The maximum atomic E-state index is 5.70. The third kappa shape index (κ3) is 3.11. The van der Waals surface area contributed by atoms with Gasteiger partial charge < -0.3 is 11.1 Å². The number of nitrogen functional groups attached to an aromatic ring is 1. The van der Waals surface area contributed by atoms with Gasteiger partial charge in [-0.05, 0) is 25.1 Å².